The Hall–Kier alpha value is -0.760. The SMILES string of the molecule is CCOS(=O)(=O)O.CCSCc1ccc(O)cc1. The lowest BCUT2D eigenvalue weighted by Gasteiger charge is -1.98. The summed E-state index contributed by atoms with van der Waals surface area (Å²) in [4.78, 5) is 0. The summed E-state index contributed by atoms with van der Waals surface area (Å²) in [6, 6.07) is 7.37. The summed E-state index contributed by atoms with van der Waals surface area (Å²) in [5.74, 6) is 2.52. The zero-order valence-electron chi connectivity index (χ0n) is 10.4. The Labute approximate surface area is 112 Å². The zero-order chi connectivity index (χ0) is 14.0. The Morgan fingerprint density at radius 3 is 2.11 bits per heavy atom. The van der Waals surface area contributed by atoms with Crippen LogP contribution in [0.1, 0.15) is 19.4 Å². The van der Waals surface area contributed by atoms with Gasteiger partial charge in [0.2, 0.25) is 0 Å². The lowest BCUT2D eigenvalue weighted by molar-refractivity contribution is 0.283. The van der Waals surface area contributed by atoms with E-state index in [9.17, 15) is 8.42 Å². The monoisotopic (exact) mass is 294 g/mol. The highest BCUT2D eigenvalue weighted by atomic mass is 32.3. The molecule has 0 fully saturated rings. The predicted molar refractivity (Wildman–Crippen MR) is 73.1 cm³/mol. The summed E-state index contributed by atoms with van der Waals surface area (Å²) in [5.41, 5.74) is 1.27. The molecule has 1 aromatic carbocycles. The number of phenolic OH excluding ortho intramolecular Hbond substituents is 1. The molecule has 0 aliphatic carbocycles. The number of hydrogen-bond acceptors (Lipinski definition) is 5. The van der Waals surface area contributed by atoms with Gasteiger partial charge in [-0.1, -0.05) is 19.1 Å². The van der Waals surface area contributed by atoms with E-state index < -0.39 is 10.4 Å². The molecule has 0 spiro atoms. The van der Waals surface area contributed by atoms with Gasteiger partial charge in [0.1, 0.15) is 5.75 Å². The molecule has 0 aliphatic rings. The molecule has 5 nitrogen and oxygen atoms in total. The van der Waals surface area contributed by atoms with Crippen LogP contribution in [0.4, 0.5) is 0 Å². The van der Waals surface area contributed by atoms with Gasteiger partial charge in [0, 0.05) is 5.75 Å². The van der Waals surface area contributed by atoms with Crippen molar-refractivity contribution in [3.63, 3.8) is 0 Å². The van der Waals surface area contributed by atoms with Gasteiger partial charge in [0.25, 0.3) is 0 Å². The van der Waals surface area contributed by atoms with Crippen LogP contribution in [0.5, 0.6) is 5.75 Å². The number of rotatable bonds is 5. The van der Waals surface area contributed by atoms with Gasteiger partial charge < -0.3 is 5.11 Å². The van der Waals surface area contributed by atoms with Gasteiger partial charge in [0.15, 0.2) is 0 Å². The summed E-state index contributed by atoms with van der Waals surface area (Å²) in [7, 11) is -4.17. The molecule has 2 N–H and O–H groups in total. The fraction of sp³-hybridized carbons (Fsp3) is 0.455. The number of aromatic hydroxyl groups is 1. The minimum Gasteiger partial charge on any atom is -0.508 e. The predicted octanol–water partition coefficient (Wildman–Crippen LogP) is 2.47. The highest BCUT2D eigenvalue weighted by molar-refractivity contribution is 7.98. The van der Waals surface area contributed by atoms with E-state index in [0.29, 0.717) is 5.75 Å². The number of thioether (sulfide) groups is 1. The van der Waals surface area contributed by atoms with Crippen molar-refractivity contribution in [3.05, 3.63) is 29.8 Å². The summed E-state index contributed by atoms with van der Waals surface area (Å²) in [6.45, 7) is 3.58. The Balaban J connectivity index is 0.000000360. The van der Waals surface area contributed by atoms with Crippen LogP contribution in [0.15, 0.2) is 24.3 Å². The normalized spacial score (nSPS) is 10.6. The van der Waals surface area contributed by atoms with Crippen molar-refractivity contribution in [1.29, 1.82) is 0 Å². The van der Waals surface area contributed by atoms with Crippen molar-refractivity contribution in [2.24, 2.45) is 0 Å². The smallest absolute Gasteiger partial charge is 0.397 e. The Morgan fingerprint density at radius 2 is 1.78 bits per heavy atom. The van der Waals surface area contributed by atoms with Crippen molar-refractivity contribution in [1.82, 2.24) is 0 Å². The topological polar surface area (TPSA) is 83.8 Å². The third-order valence-corrected chi connectivity index (χ3v) is 3.16. The van der Waals surface area contributed by atoms with Crippen LogP contribution < -0.4 is 0 Å². The molecule has 0 bridgehead atoms. The van der Waals surface area contributed by atoms with E-state index in [2.05, 4.69) is 11.1 Å². The first-order valence-electron chi connectivity index (χ1n) is 5.36. The largest absolute Gasteiger partial charge is 0.508 e. The fourth-order valence-corrected chi connectivity index (χ4v) is 1.89. The van der Waals surface area contributed by atoms with Gasteiger partial charge >= 0.3 is 10.4 Å². The van der Waals surface area contributed by atoms with E-state index in [1.165, 1.54) is 12.5 Å². The summed E-state index contributed by atoms with van der Waals surface area (Å²) in [6.07, 6.45) is 0. The van der Waals surface area contributed by atoms with Crippen molar-refractivity contribution in [2.45, 2.75) is 19.6 Å². The van der Waals surface area contributed by atoms with Gasteiger partial charge in [-0.25, -0.2) is 4.18 Å². The lowest BCUT2D eigenvalue weighted by Crippen LogP contribution is -2.01. The third kappa shape index (κ3) is 10.4. The van der Waals surface area contributed by atoms with E-state index in [-0.39, 0.29) is 6.61 Å². The van der Waals surface area contributed by atoms with E-state index >= 15 is 0 Å². The zero-order valence-corrected chi connectivity index (χ0v) is 12.0. The molecule has 0 saturated heterocycles. The highest BCUT2D eigenvalue weighted by Gasteiger charge is 1.98. The number of hydrogen-bond donors (Lipinski definition) is 2. The summed E-state index contributed by atoms with van der Waals surface area (Å²) < 4.78 is 30.7. The Bertz CT molecular complexity index is 414. The maximum Gasteiger partial charge on any atom is 0.397 e. The summed E-state index contributed by atoms with van der Waals surface area (Å²) in [5, 5.41) is 8.98. The second-order valence-electron chi connectivity index (χ2n) is 3.14. The number of phenols is 1. The lowest BCUT2D eigenvalue weighted by atomic mass is 10.2. The van der Waals surface area contributed by atoms with Crippen molar-refractivity contribution in [3.8, 4) is 5.75 Å². The molecule has 0 saturated carbocycles. The molecular formula is C11H18O5S2. The average molecular weight is 294 g/mol. The molecule has 0 amide bonds. The van der Waals surface area contributed by atoms with Gasteiger partial charge in [-0.2, -0.15) is 20.2 Å². The molecule has 7 heteroatoms. The molecule has 18 heavy (non-hydrogen) atoms. The molecule has 0 radical (unpaired) electrons. The number of benzene rings is 1. The maximum absolute atomic E-state index is 9.56. The van der Waals surface area contributed by atoms with Crippen molar-refractivity contribution in [2.75, 3.05) is 12.4 Å². The van der Waals surface area contributed by atoms with Gasteiger partial charge in [-0.15, -0.1) is 0 Å². The third-order valence-electron chi connectivity index (χ3n) is 1.68. The first-order chi connectivity index (χ1) is 8.39. The van der Waals surface area contributed by atoms with Crippen LogP contribution in [-0.2, 0) is 20.3 Å². The van der Waals surface area contributed by atoms with Crippen LogP contribution in [0.2, 0.25) is 0 Å². The van der Waals surface area contributed by atoms with E-state index in [0.717, 1.165) is 11.5 Å². The standard InChI is InChI=1S/C9H12OS.C2H6O4S/c1-2-11-7-8-3-5-9(10)6-4-8;1-2-6-7(3,4)5/h3-6,10H,2,7H2,1H3;2H2,1H3,(H,3,4,5). The quantitative estimate of drug-likeness (QED) is 0.812. The van der Waals surface area contributed by atoms with Crippen LogP contribution >= 0.6 is 11.8 Å². The first kappa shape index (κ1) is 17.2. The highest BCUT2D eigenvalue weighted by Crippen LogP contribution is 2.14. The minimum absolute atomic E-state index is 0.0289. The molecule has 0 aliphatic heterocycles. The molecule has 0 unspecified atom stereocenters. The molecule has 0 aromatic heterocycles. The maximum atomic E-state index is 9.56. The minimum atomic E-state index is -4.17. The summed E-state index contributed by atoms with van der Waals surface area (Å²) >= 11 is 1.89. The molecule has 0 atom stereocenters. The second-order valence-corrected chi connectivity index (χ2v) is 5.50. The Kier molecular flexibility index (Phi) is 8.82. The van der Waals surface area contributed by atoms with Crippen molar-refractivity contribution >= 4 is 22.2 Å². The van der Waals surface area contributed by atoms with Crippen molar-refractivity contribution < 1.29 is 22.3 Å². The molecular weight excluding hydrogens is 276 g/mol. The average Bonchev–Trinajstić information content (AvgIpc) is 2.28. The Morgan fingerprint density at radius 1 is 1.22 bits per heavy atom. The van der Waals surface area contributed by atoms with Crippen LogP contribution in [-0.4, -0.2) is 30.4 Å². The van der Waals surface area contributed by atoms with Crippen LogP contribution in [0.25, 0.3) is 0 Å². The van der Waals surface area contributed by atoms with Gasteiger partial charge in [0.05, 0.1) is 6.61 Å². The first-order valence-corrected chi connectivity index (χ1v) is 7.88. The molecule has 104 valence electrons. The molecule has 1 aromatic rings. The van der Waals surface area contributed by atoms with Gasteiger partial charge in [-0.3, -0.25) is 4.55 Å². The van der Waals surface area contributed by atoms with E-state index in [4.69, 9.17) is 9.66 Å². The molecule has 0 heterocycles. The second kappa shape index (κ2) is 9.21. The van der Waals surface area contributed by atoms with E-state index in [1.807, 2.05) is 23.9 Å². The van der Waals surface area contributed by atoms with Crippen LogP contribution in [0, 0.1) is 0 Å². The molecule has 1 rings (SSSR count). The van der Waals surface area contributed by atoms with E-state index in [1.54, 1.807) is 12.1 Å². The fourth-order valence-electron chi connectivity index (χ4n) is 0.961. The van der Waals surface area contributed by atoms with Crippen LogP contribution in [0.3, 0.4) is 0 Å². The van der Waals surface area contributed by atoms with Gasteiger partial charge in [-0.05, 0) is 30.4 Å².